The first-order valence-corrected chi connectivity index (χ1v) is 7.38. The molecule has 0 aliphatic heterocycles. The molecule has 0 fully saturated rings. The summed E-state index contributed by atoms with van der Waals surface area (Å²) in [6, 6.07) is 11.5. The number of hydrogen-bond donors (Lipinski definition) is 1. The van der Waals surface area contributed by atoms with E-state index in [-0.39, 0.29) is 0 Å². The molecule has 1 N–H and O–H groups in total. The van der Waals surface area contributed by atoms with Crippen molar-refractivity contribution >= 4 is 0 Å². The Morgan fingerprint density at radius 3 is 2.17 bits per heavy atom. The third-order valence-corrected chi connectivity index (χ3v) is 3.62. The Morgan fingerprint density at radius 2 is 1.56 bits per heavy atom. The van der Waals surface area contributed by atoms with Gasteiger partial charge in [-0.1, -0.05) is 51.1 Å². The van der Waals surface area contributed by atoms with Gasteiger partial charge in [-0.25, -0.2) is 0 Å². The fraction of sp³-hybridized carbons (Fsp3) is 0.647. The second-order valence-electron chi connectivity index (χ2n) is 5.93. The number of benzene rings is 1. The van der Waals surface area contributed by atoms with Gasteiger partial charge in [0.25, 0.3) is 0 Å². The third-order valence-electron chi connectivity index (χ3n) is 3.62. The quantitative estimate of drug-likeness (QED) is 0.708. The van der Waals surface area contributed by atoms with E-state index in [9.17, 15) is 0 Å². The molecule has 102 valence electrons. The molecule has 0 saturated heterocycles. The number of rotatable bonds is 8. The summed E-state index contributed by atoms with van der Waals surface area (Å²) < 4.78 is 0. The average Bonchev–Trinajstić information content (AvgIpc) is 2.37. The molecular weight excluding hydrogens is 218 g/mol. The molecule has 1 aromatic rings. The van der Waals surface area contributed by atoms with Gasteiger partial charge in [0.15, 0.2) is 0 Å². The topological polar surface area (TPSA) is 12.0 Å². The van der Waals surface area contributed by atoms with E-state index in [1.807, 2.05) is 0 Å². The van der Waals surface area contributed by atoms with Gasteiger partial charge in [0.2, 0.25) is 0 Å². The number of hydrogen-bond acceptors (Lipinski definition) is 1. The molecule has 0 bridgehead atoms. The van der Waals surface area contributed by atoms with Crippen molar-refractivity contribution in [2.75, 3.05) is 6.54 Å². The molecule has 0 aliphatic rings. The van der Waals surface area contributed by atoms with Crippen molar-refractivity contribution in [1.29, 1.82) is 0 Å². The summed E-state index contributed by atoms with van der Waals surface area (Å²) in [6.45, 7) is 10.3. The predicted molar refractivity (Wildman–Crippen MR) is 81.0 cm³/mol. The van der Waals surface area contributed by atoms with Crippen LogP contribution in [0.4, 0.5) is 0 Å². The molecule has 1 nitrogen and oxygen atoms in total. The Kier molecular flexibility index (Phi) is 7.04. The minimum atomic E-state index is 0.648. The highest BCUT2D eigenvalue weighted by Gasteiger charge is 2.06. The van der Waals surface area contributed by atoms with Gasteiger partial charge in [-0.05, 0) is 50.1 Å². The zero-order valence-corrected chi connectivity index (χ0v) is 12.4. The van der Waals surface area contributed by atoms with E-state index in [2.05, 4.69) is 63.3 Å². The summed E-state index contributed by atoms with van der Waals surface area (Å²) in [5.41, 5.74) is 1.45. The Balaban J connectivity index is 2.17. The summed E-state index contributed by atoms with van der Waals surface area (Å²) in [5, 5.41) is 3.64. The van der Waals surface area contributed by atoms with Crippen LogP contribution in [-0.2, 0) is 0 Å². The first kappa shape index (κ1) is 15.2. The van der Waals surface area contributed by atoms with Crippen molar-refractivity contribution < 1.29 is 0 Å². The van der Waals surface area contributed by atoms with Crippen molar-refractivity contribution in [1.82, 2.24) is 5.32 Å². The van der Waals surface area contributed by atoms with E-state index in [1.165, 1.54) is 24.8 Å². The SMILES string of the molecule is CC(C)CCC(C)NCCC(C)c1ccccc1. The second-order valence-corrected chi connectivity index (χ2v) is 5.93. The molecule has 0 aliphatic carbocycles. The monoisotopic (exact) mass is 247 g/mol. The first-order valence-electron chi connectivity index (χ1n) is 7.38. The summed E-state index contributed by atoms with van der Waals surface area (Å²) in [4.78, 5) is 0. The van der Waals surface area contributed by atoms with Crippen LogP contribution in [0, 0.1) is 5.92 Å². The lowest BCUT2D eigenvalue weighted by molar-refractivity contribution is 0.442. The minimum Gasteiger partial charge on any atom is -0.314 e. The van der Waals surface area contributed by atoms with Gasteiger partial charge < -0.3 is 5.32 Å². The zero-order chi connectivity index (χ0) is 13.4. The van der Waals surface area contributed by atoms with E-state index in [1.54, 1.807) is 0 Å². The van der Waals surface area contributed by atoms with E-state index < -0.39 is 0 Å². The van der Waals surface area contributed by atoms with Crippen molar-refractivity contribution in [3.05, 3.63) is 35.9 Å². The Morgan fingerprint density at radius 1 is 0.889 bits per heavy atom. The Labute approximate surface area is 113 Å². The van der Waals surface area contributed by atoms with Gasteiger partial charge in [0.1, 0.15) is 0 Å². The maximum atomic E-state index is 3.64. The lowest BCUT2D eigenvalue weighted by atomic mass is 9.97. The lowest BCUT2D eigenvalue weighted by Crippen LogP contribution is -2.28. The van der Waals surface area contributed by atoms with Crippen molar-refractivity contribution in [2.24, 2.45) is 5.92 Å². The molecule has 18 heavy (non-hydrogen) atoms. The maximum Gasteiger partial charge on any atom is 0.00388 e. The van der Waals surface area contributed by atoms with Gasteiger partial charge in [0, 0.05) is 6.04 Å². The minimum absolute atomic E-state index is 0.648. The van der Waals surface area contributed by atoms with Crippen molar-refractivity contribution in [2.45, 2.75) is 58.9 Å². The molecule has 0 aromatic heterocycles. The van der Waals surface area contributed by atoms with E-state index in [0.717, 1.165) is 12.5 Å². The molecule has 2 unspecified atom stereocenters. The van der Waals surface area contributed by atoms with Crippen LogP contribution < -0.4 is 5.32 Å². The maximum absolute atomic E-state index is 3.64. The predicted octanol–water partition coefficient (Wildman–Crippen LogP) is 4.59. The molecule has 1 rings (SSSR count). The molecule has 1 aromatic carbocycles. The largest absolute Gasteiger partial charge is 0.314 e. The summed E-state index contributed by atoms with van der Waals surface area (Å²) in [7, 11) is 0. The molecule has 0 amide bonds. The van der Waals surface area contributed by atoms with Crippen molar-refractivity contribution in [3.63, 3.8) is 0 Å². The van der Waals surface area contributed by atoms with Gasteiger partial charge in [-0.3, -0.25) is 0 Å². The Hall–Kier alpha value is -0.820. The van der Waals surface area contributed by atoms with Gasteiger partial charge >= 0.3 is 0 Å². The van der Waals surface area contributed by atoms with Crippen LogP contribution in [0.3, 0.4) is 0 Å². The molecule has 0 radical (unpaired) electrons. The van der Waals surface area contributed by atoms with Crippen LogP contribution in [-0.4, -0.2) is 12.6 Å². The van der Waals surface area contributed by atoms with Gasteiger partial charge in [-0.15, -0.1) is 0 Å². The highest BCUT2D eigenvalue weighted by molar-refractivity contribution is 5.18. The fourth-order valence-corrected chi connectivity index (χ4v) is 2.18. The summed E-state index contributed by atoms with van der Waals surface area (Å²) in [5.74, 6) is 1.47. The molecule has 1 heteroatoms. The van der Waals surface area contributed by atoms with Crippen LogP contribution in [0.5, 0.6) is 0 Å². The lowest BCUT2D eigenvalue weighted by Gasteiger charge is -2.17. The molecule has 2 atom stereocenters. The van der Waals surface area contributed by atoms with E-state index in [0.29, 0.717) is 12.0 Å². The zero-order valence-electron chi connectivity index (χ0n) is 12.4. The van der Waals surface area contributed by atoms with Crippen LogP contribution in [0.1, 0.15) is 58.4 Å². The molecular formula is C17H29N. The van der Waals surface area contributed by atoms with E-state index in [4.69, 9.17) is 0 Å². The van der Waals surface area contributed by atoms with Gasteiger partial charge in [0.05, 0.1) is 0 Å². The Bertz CT molecular complexity index is 305. The van der Waals surface area contributed by atoms with E-state index >= 15 is 0 Å². The second kappa shape index (κ2) is 8.31. The fourth-order valence-electron chi connectivity index (χ4n) is 2.18. The average molecular weight is 247 g/mol. The smallest absolute Gasteiger partial charge is 0.00388 e. The highest BCUT2D eigenvalue weighted by atomic mass is 14.9. The summed E-state index contributed by atoms with van der Waals surface area (Å²) in [6.07, 6.45) is 3.83. The molecule has 0 spiro atoms. The van der Waals surface area contributed by atoms with Crippen LogP contribution >= 0.6 is 0 Å². The van der Waals surface area contributed by atoms with Crippen LogP contribution in [0.15, 0.2) is 30.3 Å². The normalized spacial score (nSPS) is 14.7. The standard InChI is InChI=1S/C17H29N/c1-14(2)10-11-16(4)18-13-12-15(3)17-8-6-5-7-9-17/h5-9,14-16,18H,10-13H2,1-4H3. The van der Waals surface area contributed by atoms with Crippen LogP contribution in [0.25, 0.3) is 0 Å². The summed E-state index contributed by atoms with van der Waals surface area (Å²) >= 11 is 0. The number of nitrogens with one attached hydrogen (secondary N) is 1. The molecule has 0 saturated carbocycles. The molecule has 0 heterocycles. The third kappa shape index (κ3) is 6.20. The van der Waals surface area contributed by atoms with Crippen molar-refractivity contribution in [3.8, 4) is 0 Å². The highest BCUT2D eigenvalue weighted by Crippen LogP contribution is 2.17. The van der Waals surface area contributed by atoms with Gasteiger partial charge in [-0.2, -0.15) is 0 Å². The van der Waals surface area contributed by atoms with Crippen LogP contribution in [0.2, 0.25) is 0 Å². The first-order chi connectivity index (χ1) is 8.59.